The Hall–Kier alpha value is -3.16. The summed E-state index contributed by atoms with van der Waals surface area (Å²) in [5.74, 6) is 1.00. The Morgan fingerprint density at radius 2 is 1.52 bits per heavy atom. The lowest BCUT2D eigenvalue weighted by molar-refractivity contribution is -0.114. The number of carbonyl (C=O) groups excluding carboxylic acids is 2. The van der Waals surface area contributed by atoms with E-state index in [0.717, 1.165) is 11.3 Å². The standard InChI is InChI=1S/C19H25N5O3/c1-12(25)20-14-9-7-13(8-10-14)11-15-21-17(23(2)3)16(19(26)27-6)18(22-15)24(4)5/h7-10H,11H2,1-6H3,(H,20,25). The fourth-order valence-corrected chi connectivity index (χ4v) is 2.58. The second-order valence-electron chi connectivity index (χ2n) is 6.50. The van der Waals surface area contributed by atoms with Crippen molar-refractivity contribution in [3.8, 4) is 0 Å². The normalized spacial score (nSPS) is 10.3. The number of rotatable bonds is 6. The van der Waals surface area contributed by atoms with Crippen LogP contribution < -0.4 is 15.1 Å². The van der Waals surface area contributed by atoms with Crippen molar-refractivity contribution in [1.82, 2.24) is 9.97 Å². The molecule has 0 atom stereocenters. The van der Waals surface area contributed by atoms with Crippen molar-refractivity contribution < 1.29 is 14.3 Å². The van der Waals surface area contributed by atoms with E-state index in [4.69, 9.17) is 4.74 Å². The minimum absolute atomic E-state index is 0.115. The highest BCUT2D eigenvalue weighted by Gasteiger charge is 2.24. The number of nitrogens with zero attached hydrogens (tertiary/aromatic N) is 4. The van der Waals surface area contributed by atoms with Crippen LogP contribution in [0, 0.1) is 0 Å². The van der Waals surface area contributed by atoms with Gasteiger partial charge in [0.2, 0.25) is 5.91 Å². The first-order valence-corrected chi connectivity index (χ1v) is 8.43. The summed E-state index contributed by atoms with van der Waals surface area (Å²) in [5, 5.41) is 2.74. The number of ether oxygens (including phenoxy) is 1. The summed E-state index contributed by atoms with van der Waals surface area (Å²) in [7, 11) is 8.62. The van der Waals surface area contributed by atoms with Crippen molar-refractivity contribution >= 4 is 29.2 Å². The monoisotopic (exact) mass is 371 g/mol. The van der Waals surface area contributed by atoms with Gasteiger partial charge in [0.15, 0.2) is 0 Å². The minimum Gasteiger partial charge on any atom is -0.465 e. The molecular weight excluding hydrogens is 346 g/mol. The van der Waals surface area contributed by atoms with Crippen LogP contribution in [0.15, 0.2) is 24.3 Å². The van der Waals surface area contributed by atoms with E-state index < -0.39 is 5.97 Å². The molecule has 8 nitrogen and oxygen atoms in total. The molecule has 144 valence electrons. The number of nitrogens with one attached hydrogen (secondary N) is 1. The van der Waals surface area contributed by atoms with Crippen molar-refractivity contribution in [3.63, 3.8) is 0 Å². The Balaban J connectivity index is 2.42. The zero-order chi connectivity index (χ0) is 20.1. The van der Waals surface area contributed by atoms with E-state index in [1.807, 2.05) is 52.5 Å². The molecule has 2 aromatic rings. The van der Waals surface area contributed by atoms with E-state index in [0.29, 0.717) is 29.4 Å². The number of esters is 1. The molecule has 0 aliphatic heterocycles. The Kier molecular flexibility index (Phi) is 6.33. The van der Waals surface area contributed by atoms with Crippen molar-refractivity contribution in [2.45, 2.75) is 13.3 Å². The highest BCUT2D eigenvalue weighted by molar-refractivity contribution is 6.00. The molecule has 1 heterocycles. The van der Waals surface area contributed by atoms with E-state index in [1.165, 1.54) is 14.0 Å². The van der Waals surface area contributed by atoms with E-state index in [-0.39, 0.29) is 5.91 Å². The Bertz CT molecular complexity index is 803. The van der Waals surface area contributed by atoms with Gasteiger partial charge in [-0.15, -0.1) is 0 Å². The number of benzene rings is 1. The number of carbonyl (C=O) groups is 2. The molecule has 0 aliphatic rings. The van der Waals surface area contributed by atoms with Gasteiger partial charge in [-0.2, -0.15) is 0 Å². The van der Waals surface area contributed by atoms with E-state index in [2.05, 4.69) is 15.3 Å². The predicted molar refractivity (Wildman–Crippen MR) is 106 cm³/mol. The van der Waals surface area contributed by atoms with Gasteiger partial charge in [-0.3, -0.25) is 4.79 Å². The third kappa shape index (κ3) is 4.93. The number of anilines is 3. The van der Waals surface area contributed by atoms with Crippen LogP contribution in [0.2, 0.25) is 0 Å². The molecule has 0 bridgehead atoms. The van der Waals surface area contributed by atoms with Gasteiger partial charge >= 0.3 is 5.97 Å². The molecule has 0 unspecified atom stereocenters. The topological polar surface area (TPSA) is 87.7 Å². The molecule has 8 heteroatoms. The van der Waals surface area contributed by atoms with Crippen LogP contribution in [0.4, 0.5) is 17.3 Å². The fourth-order valence-electron chi connectivity index (χ4n) is 2.58. The molecule has 0 spiro atoms. The summed E-state index contributed by atoms with van der Waals surface area (Å²) in [6.45, 7) is 1.47. The van der Waals surface area contributed by atoms with Crippen LogP contribution in [0.1, 0.15) is 28.7 Å². The van der Waals surface area contributed by atoms with Gasteiger partial charge in [-0.05, 0) is 17.7 Å². The number of aromatic nitrogens is 2. The maximum Gasteiger partial charge on any atom is 0.345 e. The van der Waals surface area contributed by atoms with E-state index in [1.54, 1.807) is 9.80 Å². The minimum atomic E-state index is -0.478. The maximum absolute atomic E-state index is 12.3. The Labute approximate surface area is 159 Å². The first-order valence-electron chi connectivity index (χ1n) is 8.43. The molecule has 1 N–H and O–H groups in total. The van der Waals surface area contributed by atoms with Gasteiger partial charge in [-0.25, -0.2) is 14.8 Å². The summed E-state index contributed by atoms with van der Waals surface area (Å²) < 4.78 is 4.91. The molecule has 1 amide bonds. The quantitative estimate of drug-likeness (QED) is 0.777. The summed E-state index contributed by atoms with van der Waals surface area (Å²) in [4.78, 5) is 36.1. The van der Waals surface area contributed by atoms with Crippen molar-refractivity contribution in [3.05, 3.63) is 41.2 Å². The lowest BCUT2D eigenvalue weighted by Crippen LogP contribution is -2.24. The zero-order valence-electron chi connectivity index (χ0n) is 16.5. The molecule has 1 aromatic carbocycles. The number of methoxy groups -OCH3 is 1. The lowest BCUT2D eigenvalue weighted by Gasteiger charge is -2.22. The highest BCUT2D eigenvalue weighted by Crippen LogP contribution is 2.27. The van der Waals surface area contributed by atoms with Crippen molar-refractivity contribution in [2.24, 2.45) is 0 Å². The number of amides is 1. The van der Waals surface area contributed by atoms with Crippen LogP contribution in [-0.4, -0.2) is 57.1 Å². The second kappa shape index (κ2) is 8.48. The van der Waals surface area contributed by atoms with Gasteiger partial charge in [0.05, 0.1) is 7.11 Å². The summed E-state index contributed by atoms with van der Waals surface area (Å²) in [5.41, 5.74) is 2.05. The third-order valence-corrected chi connectivity index (χ3v) is 3.79. The second-order valence-corrected chi connectivity index (χ2v) is 6.50. The van der Waals surface area contributed by atoms with Gasteiger partial charge in [0.25, 0.3) is 0 Å². The summed E-state index contributed by atoms with van der Waals surface area (Å²) in [6.07, 6.45) is 0.490. The molecule has 0 fully saturated rings. The van der Waals surface area contributed by atoms with Crippen molar-refractivity contribution in [2.75, 3.05) is 50.4 Å². The third-order valence-electron chi connectivity index (χ3n) is 3.79. The first-order chi connectivity index (χ1) is 12.7. The summed E-state index contributed by atoms with van der Waals surface area (Å²) in [6, 6.07) is 7.49. The first kappa shape index (κ1) is 20.2. The molecule has 0 saturated heterocycles. The SMILES string of the molecule is COC(=O)c1c(N(C)C)nc(Cc2ccc(NC(C)=O)cc2)nc1N(C)C. The maximum atomic E-state index is 12.3. The zero-order valence-corrected chi connectivity index (χ0v) is 16.5. The molecule has 2 rings (SSSR count). The van der Waals surface area contributed by atoms with Gasteiger partial charge < -0.3 is 19.9 Å². The van der Waals surface area contributed by atoms with E-state index >= 15 is 0 Å². The van der Waals surface area contributed by atoms with Gasteiger partial charge in [-0.1, -0.05) is 12.1 Å². The highest BCUT2D eigenvalue weighted by atomic mass is 16.5. The average molecular weight is 371 g/mol. The van der Waals surface area contributed by atoms with Crippen LogP contribution in [-0.2, 0) is 16.0 Å². The molecule has 0 radical (unpaired) electrons. The van der Waals surface area contributed by atoms with Gasteiger partial charge in [0, 0.05) is 47.2 Å². The van der Waals surface area contributed by atoms with E-state index in [9.17, 15) is 9.59 Å². The Morgan fingerprint density at radius 3 is 1.93 bits per heavy atom. The fraction of sp³-hybridized carbons (Fsp3) is 0.368. The Morgan fingerprint density at radius 1 is 1.00 bits per heavy atom. The van der Waals surface area contributed by atoms with Crippen LogP contribution in [0.25, 0.3) is 0 Å². The average Bonchev–Trinajstić information content (AvgIpc) is 2.61. The number of hydrogen-bond acceptors (Lipinski definition) is 7. The molecule has 27 heavy (non-hydrogen) atoms. The van der Waals surface area contributed by atoms with Crippen LogP contribution in [0.3, 0.4) is 0 Å². The lowest BCUT2D eigenvalue weighted by atomic mass is 10.1. The number of hydrogen-bond donors (Lipinski definition) is 1. The molecule has 1 aromatic heterocycles. The molecular formula is C19H25N5O3. The van der Waals surface area contributed by atoms with Crippen LogP contribution in [0.5, 0.6) is 0 Å². The molecule has 0 aliphatic carbocycles. The predicted octanol–water partition coefficient (Wildman–Crippen LogP) is 1.94. The molecule has 0 saturated carbocycles. The largest absolute Gasteiger partial charge is 0.465 e. The van der Waals surface area contributed by atoms with Crippen LogP contribution >= 0.6 is 0 Å². The smallest absolute Gasteiger partial charge is 0.345 e. The summed E-state index contributed by atoms with van der Waals surface area (Å²) >= 11 is 0. The van der Waals surface area contributed by atoms with Gasteiger partial charge in [0.1, 0.15) is 23.0 Å². The van der Waals surface area contributed by atoms with Crippen molar-refractivity contribution in [1.29, 1.82) is 0 Å².